The van der Waals surface area contributed by atoms with Crippen molar-refractivity contribution in [2.45, 2.75) is 6.54 Å². The van der Waals surface area contributed by atoms with E-state index in [2.05, 4.69) is 30.3 Å². The molecule has 5 heteroatoms. The van der Waals surface area contributed by atoms with Gasteiger partial charge in [0.25, 0.3) is 5.91 Å². The van der Waals surface area contributed by atoms with Crippen LogP contribution in [0.5, 0.6) is 0 Å². The molecule has 2 fully saturated rings. The quantitative estimate of drug-likeness (QED) is 0.664. The Kier molecular flexibility index (Phi) is 5.43. The zero-order valence-corrected chi connectivity index (χ0v) is 13.2. The number of carbonyl (C=O) groups excluding carboxylic acids is 1. The Labute approximate surface area is 132 Å². The Morgan fingerprint density at radius 3 is 2.32 bits per heavy atom. The number of amides is 1. The number of ether oxygens (including phenoxy) is 1. The van der Waals surface area contributed by atoms with E-state index in [0.717, 1.165) is 45.8 Å². The van der Waals surface area contributed by atoms with Crippen molar-refractivity contribution in [2.75, 3.05) is 59.0 Å². The van der Waals surface area contributed by atoms with Crippen LogP contribution in [-0.4, -0.2) is 69.8 Å². The molecule has 2 aliphatic rings. The van der Waals surface area contributed by atoms with E-state index in [4.69, 9.17) is 4.74 Å². The number of hydrogen-bond acceptors (Lipinski definition) is 2. The van der Waals surface area contributed by atoms with E-state index in [1.165, 1.54) is 10.5 Å². The van der Waals surface area contributed by atoms with Gasteiger partial charge in [-0.25, -0.2) is 0 Å². The number of quaternary nitrogens is 2. The highest BCUT2D eigenvalue weighted by Gasteiger charge is 2.27. The molecule has 0 saturated carbocycles. The molecule has 0 atom stereocenters. The van der Waals surface area contributed by atoms with Gasteiger partial charge in [-0.1, -0.05) is 30.3 Å². The van der Waals surface area contributed by atoms with Crippen molar-refractivity contribution in [1.82, 2.24) is 4.90 Å². The van der Waals surface area contributed by atoms with Gasteiger partial charge >= 0.3 is 0 Å². The summed E-state index contributed by atoms with van der Waals surface area (Å²) in [6.45, 7) is 9.16. The lowest BCUT2D eigenvalue weighted by atomic mass is 10.2. The van der Waals surface area contributed by atoms with E-state index in [1.54, 1.807) is 4.90 Å². The Balaban J connectivity index is 1.40. The molecule has 0 spiro atoms. The van der Waals surface area contributed by atoms with Gasteiger partial charge in [0.05, 0.1) is 13.2 Å². The zero-order valence-electron chi connectivity index (χ0n) is 13.2. The molecule has 1 amide bonds. The van der Waals surface area contributed by atoms with E-state index in [-0.39, 0.29) is 0 Å². The van der Waals surface area contributed by atoms with Crippen molar-refractivity contribution in [3.8, 4) is 0 Å². The monoisotopic (exact) mass is 305 g/mol. The summed E-state index contributed by atoms with van der Waals surface area (Å²) in [5.74, 6) is 0.296. The van der Waals surface area contributed by atoms with Crippen LogP contribution >= 0.6 is 0 Å². The fraction of sp³-hybridized carbons (Fsp3) is 0.588. The smallest absolute Gasteiger partial charge is 0.277 e. The van der Waals surface area contributed by atoms with Gasteiger partial charge < -0.3 is 19.4 Å². The molecule has 120 valence electrons. The van der Waals surface area contributed by atoms with Crippen molar-refractivity contribution in [1.29, 1.82) is 0 Å². The number of benzene rings is 1. The van der Waals surface area contributed by atoms with Crippen LogP contribution in [0.3, 0.4) is 0 Å². The lowest BCUT2D eigenvalue weighted by Gasteiger charge is -2.32. The van der Waals surface area contributed by atoms with Crippen LogP contribution in [0.25, 0.3) is 0 Å². The third-order valence-electron chi connectivity index (χ3n) is 4.73. The number of morpholine rings is 1. The van der Waals surface area contributed by atoms with Crippen LogP contribution in [0.1, 0.15) is 5.56 Å². The first kappa shape index (κ1) is 15.5. The van der Waals surface area contributed by atoms with Gasteiger partial charge in [-0.05, 0) is 0 Å². The number of carbonyl (C=O) groups is 1. The molecule has 0 radical (unpaired) electrons. The van der Waals surface area contributed by atoms with Gasteiger partial charge in [-0.15, -0.1) is 0 Å². The van der Waals surface area contributed by atoms with Gasteiger partial charge in [0.15, 0.2) is 6.54 Å². The first-order valence-electron chi connectivity index (χ1n) is 8.38. The molecule has 2 N–H and O–H groups in total. The van der Waals surface area contributed by atoms with Crippen molar-refractivity contribution in [3.05, 3.63) is 35.9 Å². The van der Waals surface area contributed by atoms with Crippen molar-refractivity contribution in [2.24, 2.45) is 0 Å². The van der Waals surface area contributed by atoms with Crippen LogP contribution in [-0.2, 0) is 16.1 Å². The lowest BCUT2D eigenvalue weighted by molar-refractivity contribution is -1.02. The molecule has 3 rings (SSSR count). The number of nitrogens with zero attached hydrogens (tertiary/aromatic N) is 1. The Morgan fingerprint density at radius 1 is 1.00 bits per heavy atom. The molecule has 1 aromatic rings. The number of hydrogen-bond donors (Lipinski definition) is 2. The van der Waals surface area contributed by atoms with E-state index in [1.807, 2.05) is 4.90 Å². The molecule has 1 aromatic carbocycles. The fourth-order valence-corrected chi connectivity index (χ4v) is 3.33. The molecule has 22 heavy (non-hydrogen) atoms. The standard InChI is InChI=1S/C17H25N3O2/c21-17(20-10-12-22-13-11-20)15-19-8-6-18(7-9-19)14-16-4-2-1-3-5-16/h1-5H,6-15H2/p+2. The molecule has 2 saturated heterocycles. The van der Waals surface area contributed by atoms with Crippen LogP contribution < -0.4 is 9.80 Å². The summed E-state index contributed by atoms with van der Waals surface area (Å²) >= 11 is 0. The van der Waals surface area contributed by atoms with Crippen molar-refractivity contribution >= 4 is 5.91 Å². The second kappa shape index (κ2) is 7.72. The average Bonchev–Trinajstić information content (AvgIpc) is 2.58. The van der Waals surface area contributed by atoms with Gasteiger partial charge in [-0.2, -0.15) is 0 Å². The second-order valence-corrected chi connectivity index (χ2v) is 6.33. The van der Waals surface area contributed by atoms with E-state index in [9.17, 15) is 4.79 Å². The maximum absolute atomic E-state index is 12.3. The molecule has 0 aliphatic carbocycles. The summed E-state index contributed by atoms with van der Waals surface area (Å²) in [4.78, 5) is 17.3. The molecule has 0 aromatic heterocycles. The van der Waals surface area contributed by atoms with Gasteiger partial charge in [0.1, 0.15) is 32.7 Å². The molecular weight excluding hydrogens is 278 g/mol. The normalized spacial score (nSPS) is 25.9. The first-order chi connectivity index (χ1) is 10.8. The number of rotatable bonds is 4. The van der Waals surface area contributed by atoms with E-state index >= 15 is 0 Å². The predicted molar refractivity (Wildman–Crippen MR) is 83.8 cm³/mol. The molecule has 5 nitrogen and oxygen atoms in total. The largest absolute Gasteiger partial charge is 0.378 e. The fourth-order valence-electron chi connectivity index (χ4n) is 3.33. The van der Waals surface area contributed by atoms with Crippen molar-refractivity contribution < 1.29 is 19.3 Å². The Hall–Kier alpha value is -1.43. The molecule has 0 unspecified atom stereocenters. The van der Waals surface area contributed by atoms with Gasteiger partial charge in [0.2, 0.25) is 0 Å². The maximum Gasteiger partial charge on any atom is 0.277 e. The maximum atomic E-state index is 12.3. The number of nitrogens with one attached hydrogen (secondary N) is 2. The minimum atomic E-state index is 0.296. The summed E-state index contributed by atoms with van der Waals surface area (Å²) in [5.41, 5.74) is 1.41. The third-order valence-corrected chi connectivity index (χ3v) is 4.73. The first-order valence-corrected chi connectivity index (χ1v) is 8.38. The topological polar surface area (TPSA) is 38.4 Å². The minimum Gasteiger partial charge on any atom is -0.378 e. The SMILES string of the molecule is O=C(C[NH+]1CC[NH+](Cc2ccccc2)CC1)N1CCOCC1. The highest BCUT2D eigenvalue weighted by atomic mass is 16.5. The molecule has 2 aliphatic heterocycles. The summed E-state index contributed by atoms with van der Waals surface area (Å²) in [7, 11) is 0. The third kappa shape index (κ3) is 4.29. The summed E-state index contributed by atoms with van der Waals surface area (Å²) in [5, 5.41) is 0. The highest BCUT2D eigenvalue weighted by Crippen LogP contribution is 1.96. The number of piperazine rings is 1. The Bertz CT molecular complexity index is 466. The summed E-state index contributed by atoms with van der Waals surface area (Å²) in [6, 6.07) is 10.7. The highest BCUT2D eigenvalue weighted by molar-refractivity contribution is 5.77. The van der Waals surface area contributed by atoms with Crippen LogP contribution in [0, 0.1) is 0 Å². The lowest BCUT2D eigenvalue weighted by Crippen LogP contribution is -3.28. The minimum absolute atomic E-state index is 0.296. The predicted octanol–water partition coefficient (Wildman–Crippen LogP) is -2.17. The molecule has 0 bridgehead atoms. The summed E-state index contributed by atoms with van der Waals surface area (Å²) < 4.78 is 5.31. The van der Waals surface area contributed by atoms with Crippen molar-refractivity contribution in [3.63, 3.8) is 0 Å². The van der Waals surface area contributed by atoms with Crippen LogP contribution in [0.4, 0.5) is 0 Å². The van der Waals surface area contributed by atoms with Gasteiger partial charge in [-0.3, -0.25) is 4.79 Å². The van der Waals surface area contributed by atoms with Crippen LogP contribution in [0.15, 0.2) is 30.3 Å². The van der Waals surface area contributed by atoms with E-state index in [0.29, 0.717) is 25.7 Å². The molecular formula is C17H27N3O2+2. The second-order valence-electron chi connectivity index (χ2n) is 6.33. The average molecular weight is 305 g/mol. The van der Waals surface area contributed by atoms with Crippen LogP contribution in [0.2, 0.25) is 0 Å². The molecule has 2 heterocycles. The summed E-state index contributed by atoms with van der Waals surface area (Å²) in [6.07, 6.45) is 0. The van der Waals surface area contributed by atoms with E-state index < -0.39 is 0 Å². The zero-order chi connectivity index (χ0) is 15.2. The Morgan fingerprint density at radius 2 is 1.64 bits per heavy atom. The van der Waals surface area contributed by atoms with Gasteiger partial charge in [0, 0.05) is 18.7 Å².